The Morgan fingerprint density at radius 2 is 1.78 bits per heavy atom. The van der Waals surface area contributed by atoms with Crippen LogP contribution in [0.1, 0.15) is 0 Å². The molecule has 0 spiro atoms. The van der Waals surface area contributed by atoms with Crippen molar-refractivity contribution < 1.29 is 30.2 Å². The summed E-state index contributed by atoms with van der Waals surface area (Å²) in [5.41, 5.74) is -5.42. The van der Waals surface area contributed by atoms with Gasteiger partial charge in [0.1, 0.15) is 5.75 Å². The van der Waals surface area contributed by atoms with Crippen molar-refractivity contribution in [2.24, 2.45) is 0 Å². The van der Waals surface area contributed by atoms with Gasteiger partial charge in [0.05, 0.1) is 7.11 Å². The third-order valence-electron chi connectivity index (χ3n) is 2.00. The second-order valence-corrected chi connectivity index (χ2v) is 6.93. The fourth-order valence-electron chi connectivity index (χ4n) is 1.19. The van der Waals surface area contributed by atoms with E-state index in [1.54, 1.807) is 12.1 Å². The highest BCUT2D eigenvalue weighted by Crippen LogP contribution is 2.25. The van der Waals surface area contributed by atoms with Crippen LogP contribution in [0.25, 0.3) is 0 Å². The van der Waals surface area contributed by atoms with Crippen molar-refractivity contribution in [3.63, 3.8) is 0 Å². The number of para-hydroxylation sites is 1. The topological polar surface area (TPSA) is 52.6 Å². The predicted molar refractivity (Wildman–Crippen MR) is 60.3 cm³/mol. The van der Waals surface area contributed by atoms with Crippen LogP contribution < -0.4 is 9.92 Å². The molecule has 0 saturated heterocycles. The zero-order chi connectivity index (χ0) is 14.0. The molecular weight excluding hydrogens is 289 g/mol. The molecule has 0 aliphatic carbocycles. The SMILES string of the molecule is COc1ccccc1[Si](C)OS(=O)(=O)C(F)(F)F. The van der Waals surface area contributed by atoms with Gasteiger partial charge in [0.15, 0.2) is 0 Å². The highest BCUT2D eigenvalue weighted by Gasteiger charge is 2.48. The van der Waals surface area contributed by atoms with E-state index in [0.29, 0.717) is 10.9 Å². The van der Waals surface area contributed by atoms with Gasteiger partial charge >= 0.3 is 15.6 Å². The van der Waals surface area contributed by atoms with Crippen molar-refractivity contribution in [1.82, 2.24) is 0 Å². The van der Waals surface area contributed by atoms with E-state index in [0.717, 1.165) is 0 Å². The van der Waals surface area contributed by atoms with E-state index in [1.165, 1.54) is 25.8 Å². The Morgan fingerprint density at radius 1 is 1.22 bits per heavy atom. The first-order valence-electron chi connectivity index (χ1n) is 4.66. The fourth-order valence-corrected chi connectivity index (χ4v) is 4.11. The Kier molecular flexibility index (Phi) is 4.40. The second-order valence-electron chi connectivity index (χ2n) is 3.24. The molecule has 0 aromatic heterocycles. The summed E-state index contributed by atoms with van der Waals surface area (Å²) in [6, 6.07) is 6.18. The molecule has 0 unspecified atom stereocenters. The van der Waals surface area contributed by atoms with Crippen LogP contribution >= 0.6 is 0 Å². The van der Waals surface area contributed by atoms with E-state index in [1.807, 2.05) is 0 Å². The molecule has 4 nitrogen and oxygen atoms in total. The number of benzene rings is 1. The minimum absolute atomic E-state index is 0.297. The lowest BCUT2D eigenvalue weighted by molar-refractivity contribution is -0.0500. The van der Waals surface area contributed by atoms with Crippen molar-refractivity contribution in [3.05, 3.63) is 24.3 Å². The van der Waals surface area contributed by atoms with Crippen LogP contribution in [-0.2, 0) is 14.0 Å². The number of hydrogen-bond acceptors (Lipinski definition) is 4. The largest absolute Gasteiger partial charge is 0.522 e. The summed E-state index contributed by atoms with van der Waals surface area (Å²) in [6.07, 6.45) is 0. The molecule has 1 aromatic carbocycles. The van der Waals surface area contributed by atoms with Gasteiger partial charge in [-0.1, -0.05) is 18.2 Å². The average Bonchev–Trinajstić information content (AvgIpc) is 2.26. The maximum atomic E-state index is 12.2. The minimum atomic E-state index is -5.58. The Hall–Kier alpha value is -1.06. The molecule has 0 fully saturated rings. The molecule has 0 atom stereocenters. The zero-order valence-electron chi connectivity index (χ0n) is 9.48. The first-order valence-corrected chi connectivity index (χ1v) is 7.98. The van der Waals surface area contributed by atoms with E-state index in [9.17, 15) is 21.6 Å². The van der Waals surface area contributed by atoms with Crippen LogP contribution in [0.4, 0.5) is 13.2 Å². The first kappa shape index (κ1) is 15.0. The van der Waals surface area contributed by atoms with Gasteiger partial charge in [-0.25, -0.2) is 0 Å². The van der Waals surface area contributed by atoms with Crippen LogP contribution in [0.5, 0.6) is 5.75 Å². The molecule has 0 saturated carbocycles. The molecule has 101 valence electrons. The van der Waals surface area contributed by atoms with Gasteiger partial charge in [-0.15, -0.1) is 0 Å². The molecule has 1 rings (SSSR count). The van der Waals surface area contributed by atoms with Crippen LogP contribution in [0.15, 0.2) is 24.3 Å². The van der Waals surface area contributed by atoms with Gasteiger partial charge in [-0.2, -0.15) is 21.6 Å². The standard InChI is InChI=1S/C9H10F3O4SSi/c1-15-7-5-3-4-6-8(7)18(2)16-17(13,14)9(10,11)12/h3-6H,1-2H3. The van der Waals surface area contributed by atoms with Gasteiger partial charge in [0.2, 0.25) is 0 Å². The lowest BCUT2D eigenvalue weighted by atomic mass is 10.3. The van der Waals surface area contributed by atoms with Crippen molar-refractivity contribution in [2.75, 3.05) is 7.11 Å². The molecule has 0 bridgehead atoms. The number of methoxy groups -OCH3 is 1. The second kappa shape index (κ2) is 5.29. The number of ether oxygens (including phenoxy) is 1. The minimum Gasteiger partial charge on any atom is -0.497 e. The summed E-state index contributed by atoms with van der Waals surface area (Å²) in [7, 11) is -6.62. The quantitative estimate of drug-likeness (QED) is 0.623. The predicted octanol–water partition coefficient (Wildman–Crippen LogP) is 1.39. The Labute approximate surface area is 104 Å². The number of hydrogen-bond donors (Lipinski definition) is 0. The molecule has 1 aromatic rings. The summed E-state index contributed by atoms with van der Waals surface area (Å²) in [4.78, 5) is 0. The molecule has 9 heteroatoms. The van der Waals surface area contributed by atoms with Crippen molar-refractivity contribution in [2.45, 2.75) is 12.1 Å². The summed E-state index contributed by atoms with van der Waals surface area (Å²) >= 11 is 0. The third-order valence-corrected chi connectivity index (χ3v) is 5.62. The van der Waals surface area contributed by atoms with E-state index in [4.69, 9.17) is 4.74 Å². The molecule has 0 amide bonds. The van der Waals surface area contributed by atoms with Gasteiger partial charge in [0, 0.05) is 5.19 Å². The summed E-state index contributed by atoms with van der Waals surface area (Å²) in [5.74, 6) is 0.297. The average molecular weight is 299 g/mol. The van der Waals surface area contributed by atoms with Crippen molar-refractivity contribution in [3.8, 4) is 5.75 Å². The molecule has 18 heavy (non-hydrogen) atoms. The number of rotatable bonds is 4. The Bertz CT molecular complexity index is 515. The van der Waals surface area contributed by atoms with Gasteiger partial charge in [-0.3, -0.25) is 0 Å². The lowest BCUT2D eigenvalue weighted by Crippen LogP contribution is -2.38. The molecule has 0 aliphatic heterocycles. The highest BCUT2D eigenvalue weighted by atomic mass is 32.2. The molecule has 1 radical (unpaired) electrons. The van der Waals surface area contributed by atoms with Gasteiger partial charge < -0.3 is 8.61 Å². The van der Waals surface area contributed by atoms with E-state index < -0.39 is 24.7 Å². The summed E-state index contributed by atoms with van der Waals surface area (Å²) in [5, 5.41) is 0.317. The van der Waals surface area contributed by atoms with Crippen LogP contribution in [-0.4, -0.2) is 30.1 Å². The zero-order valence-corrected chi connectivity index (χ0v) is 11.3. The first-order chi connectivity index (χ1) is 8.19. The van der Waals surface area contributed by atoms with Gasteiger partial charge in [0.25, 0.3) is 9.04 Å². The fraction of sp³-hybridized carbons (Fsp3) is 0.333. The highest BCUT2D eigenvalue weighted by molar-refractivity contribution is 7.88. The van der Waals surface area contributed by atoms with Crippen molar-refractivity contribution >= 4 is 24.3 Å². The number of alkyl halides is 3. The molecule has 0 heterocycles. The van der Waals surface area contributed by atoms with E-state index in [2.05, 4.69) is 3.87 Å². The van der Waals surface area contributed by atoms with Crippen molar-refractivity contribution in [1.29, 1.82) is 0 Å². The molecule has 0 N–H and O–H groups in total. The van der Waals surface area contributed by atoms with E-state index >= 15 is 0 Å². The smallest absolute Gasteiger partial charge is 0.497 e. The Balaban J connectivity index is 3.00. The number of halogens is 3. The maximum absolute atomic E-state index is 12.2. The summed E-state index contributed by atoms with van der Waals surface area (Å²) < 4.78 is 67.4. The van der Waals surface area contributed by atoms with E-state index in [-0.39, 0.29) is 0 Å². The molecular formula is C9H10F3O4SSi. The van der Waals surface area contributed by atoms with Crippen LogP contribution in [0.3, 0.4) is 0 Å². The summed E-state index contributed by atoms with van der Waals surface area (Å²) in [6.45, 7) is 1.30. The van der Waals surface area contributed by atoms with Crippen LogP contribution in [0, 0.1) is 0 Å². The maximum Gasteiger partial charge on any atom is 0.522 e. The lowest BCUT2D eigenvalue weighted by Gasteiger charge is -2.15. The Morgan fingerprint density at radius 3 is 2.28 bits per heavy atom. The monoisotopic (exact) mass is 299 g/mol. The molecule has 0 aliphatic rings. The third kappa shape index (κ3) is 3.24. The normalized spacial score (nSPS) is 12.8. The van der Waals surface area contributed by atoms with Crippen LogP contribution in [0.2, 0.25) is 6.55 Å². The van der Waals surface area contributed by atoms with Gasteiger partial charge in [-0.05, 0) is 12.6 Å².